The summed E-state index contributed by atoms with van der Waals surface area (Å²) in [6, 6.07) is 12.4. The number of aromatic nitrogens is 3. The molecule has 0 aliphatic heterocycles. The molecule has 7 nitrogen and oxygen atoms in total. The van der Waals surface area contributed by atoms with Crippen molar-refractivity contribution in [3.8, 4) is 5.75 Å². The van der Waals surface area contributed by atoms with Crippen molar-refractivity contribution in [3.63, 3.8) is 0 Å². The molecule has 0 bridgehead atoms. The van der Waals surface area contributed by atoms with Crippen LogP contribution in [0.4, 0.5) is 4.39 Å². The second-order valence-corrected chi connectivity index (χ2v) is 9.02. The van der Waals surface area contributed by atoms with Gasteiger partial charge in [-0.3, -0.25) is 4.79 Å². The molecule has 176 valence electrons. The number of carbonyl (C=O) groups excluding carboxylic acids is 1. The van der Waals surface area contributed by atoms with E-state index in [9.17, 15) is 9.18 Å². The Morgan fingerprint density at radius 2 is 2.03 bits per heavy atom. The zero-order valence-corrected chi connectivity index (χ0v) is 20.2. The molecule has 0 fully saturated rings. The summed E-state index contributed by atoms with van der Waals surface area (Å²) in [5.41, 5.74) is 2.97. The summed E-state index contributed by atoms with van der Waals surface area (Å²) in [6.45, 7) is 9.16. The summed E-state index contributed by atoms with van der Waals surface area (Å²) < 4.78 is 20.8. The van der Waals surface area contributed by atoms with Crippen molar-refractivity contribution in [1.29, 1.82) is 0 Å². The van der Waals surface area contributed by atoms with Crippen molar-refractivity contribution in [2.24, 2.45) is 0 Å². The maximum atomic E-state index is 13.4. The molecular weight excluding hydrogens is 441 g/mol. The number of thioether (sulfide) groups is 1. The monoisotopic (exact) mass is 471 g/mol. The lowest BCUT2D eigenvalue weighted by atomic mass is 10.0. The van der Waals surface area contributed by atoms with Crippen LogP contribution in [-0.2, 0) is 17.9 Å². The molecule has 9 heteroatoms. The SMILES string of the molecule is CCN(Cc1cccc(F)c1)C(=O)CSc1nnc(COc2cc(C)ccc2C(C)C)n1N. The number of halogens is 1. The van der Waals surface area contributed by atoms with Gasteiger partial charge < -0.3 is 15.5 Å². The van der Waals surface area contributed by atoms with Gasteiger partial charge in [0, 0.05) is 13.1 Å². The predicted octanol–water partition coefficient (Wildman–Crippen LogP) is 4.28. The summed E-state index contributed by atoms with van der Waals surface area (Å²) in [4.78, 5) is 14.3. The Labute approximate surface area is 198 Å². The number of carbonyl (C=O) groups is 1. The van der Waals surface area contributed by atoms with E-state index in [-0.39, 0.29) is 24.1 Å². The fourth-order valence-electron chi connectivity index (χ4n) is 3.34. The Balaban J connectivity index is 1.59. The molecule has 0 saturated heterocycles. The molecular formula is C24H30FN5O2S. The van der Waals surface area contributed by atoms with E-state index in [1.54, 1.807) is 17.0 Å². The maximum absolute atomic E-state index is 13.4. The van der Waals surface area contributed by atoms with Gasteiger partial charge in [-0.2, -0.15) is 0 Å². The summed E-state index contributed by atoms with van der Waals surface area (Å²) in [7, 11) is 0. The van der Waals surface area contributed by atoms with Crippen molar-refractivity contribution in [2.75, 3.05) is 18.1 Å². The summed E-state index contributed by atoms with van der Waals surface area (Å²) in [5.74, 6) is 7.48. The lowest BCUT2D eigenvalue weighted by Crippen LogP contribution is -2.32. The molecule has 1 aromatic heterocycles. The second-order valence-electron chi connectivity index (χ2n) is 8.08. The Morgan fingerprint density at radius 1 is 1.24 bits per heavy atom. The van der Waals surface area contributed by atoms with Crippen LogP contribution in [0.15, 0.2) is 47.6 Å². The number of hydrogen-bond donors (Lipinski definition) is 1. The van der Waals surface area contributed by atoms with E-state index >= 15 is 0 Å². The van der Waals surface area contributed by atoms with Crippen LogP contribution in [0.25, 0.3) is 0 Å². The zero-order valence-electron chi connectivity index (χ0n) is 19.4. The first-order valence-electron chi connectivity index (χ1n) is 10.9. The van der Waals surface area contributed by atoms with E-state index in [1.165, 1.54) is 28.6 Å². The number of nitrogens with zero attached hydrogens (tertiary/aromatic N) is 4. The van der Waals surface area contributed by atoms with Gasteiger partial charge in [0.2, 0.25) is 11.1 Å². The van der Waals surface area contributed by atoms with Crippen molar-refractivity contribution < 1.29 is 13.9 Å². The van der Waals surface area contributed by atoms with Gasteiger partial charge in [-0.25, -0.2) is 9.07 Å². The quantitative estimate of drug-likeness (QED) is 0.351. The van der Waals surface area contributed by atoms with Gasteiger partial charge >= 0.3 is 0 Å². The van der Waals surface area contributed by atoms with Gasteiger partial charge in [0.05, 0.1) is 5.75 Å². The minimum absolute atomic E-state index is 0.0890. The van der Waals surface area contributed by atoms with E-state index in [0.717, 1.165) is 22.4 Å². The molecule has 0 aliphatic rings. The van der Waals surface area contributed by atoms with E-state index in [0.29, 0.717) is 30.0 Å². The number of nitrogens with two attached hydrogens (primary N) is 1. The van der Waals surface area contributed by atoms with Crippen molar-refractivity contribution in [1.82, 2.24) is 19.8 Å². The van der Waals surface area contributed by atoms with Crippen LogP contribution in [-0.4, -0.2) is 38.0 Å². The van der Waals surface area contributed by atoms with Crippen molar-refractivity contribution in [3.05, 3.63) is 70.8 Å². The minimum atomic E-state index is -0.317. The van der Waals surface area contributed by atoms with Crippen LogP contribution < -0.4 is 10.6 Å². The number of aryl methyl sites for hydroxylation is 1. The molecule has 1 heterocycles. The van der Waals surface area contributed by atoms with Crippen molar-refractivity contribution >= 4 is 17.7 Å². The van der Waals surface area contributed by atoms with E-state index in [1.807, 2.05) is 19.9 Å². The van der Waals surface area contributed by atoms with Crippen LogP contribution in [0.2, 0.25) is 0 Å². The molecule has 3 aromatic rings. The van der Waals surface area contributed by atoms with Gasteiger partial charge in [-0.1, -0.05) is 49.9 Å². The van der Waals surface area contributed by atoms with Crippen LogP contribution in [0.5, 0.6) is 5.75 Å². The standard InChI is InChI=1S/C24H30FN5O2S/c1-5-29(13-18-7-6-8-19(25)12-18)23(31)15-33-24-28-27-22(30(24)26)14-32-21-11-17(4)9-10-20(21)16(2)3/h6-12,16H,5,13-15,26H2,1-4H3. The number of amides is 1. The first-order chi connectivity index (χ1) is 15.8. The van der Waals surface area contributed by atoms with E-state index in [2.05, 4.69) is 36.2 Å². The van der Waals surface area contributed by atoms with Crippen LogP contribution in [0.3, 0.4) is 0 Å². The highest BCUT2D eigenvalue weighted by Crippen LogP contribution is 2.28. The lowest BCUT2D eigenvalue weighted by molar-refractivity contribution is -0.128. The van der Waals surface area contributed by atoms with Gasteiger partial charge in [0.25, 0.3) is 0 Å². The third-order valence-electron chi connectivity index (χ3n) is 5.20. The number of benzene rings is 2. The Bertz CT molecular complexity index is 1100. The molecule has 0 unspecified atom stereocenters. The third-order valence-corrected chi connectivity index (χ3v) is 6.13. The lowest BCUT2D eigenvalue weighted by Gasteiger charge is -2.20. The molecule has 0 radical (unpaired) electrons. The highest BCUT2D eigenvalue weighted by Gasteiger charge is 2.17. The molecule has 2 N–H and O–H groups in total. The molecule has 2 aromatic carbocycles. The van der Waals surface area contributed by atoms with E-state index < -0.39 is 0 Å². The summed E-state index contributed by atoms with van der Waals surface area (Å²) in [5, 5.41) is 8.66. The molecule has 0 spiro atoms. The summed E-state index contributed by atoms with van der Waals surface area (Å²) in [6.07, 6.45) is 0. The highest BCUT2D eigenvalue weighted by molar-refractivity contribution is 7.99. The first kappa shape index (κ1) is 24.6. The van der Waals surface area contributed by atoms with E-state index in [4.69, 9.17) is 10.6 Å². The first-order valence-corrected chi connectivity index (χ1v) is 11.8. The van der Waals surface area contributed by atoms with Crippen LogP contribution in [0.1, 0.15) is 49.2 Å². The van der Waals surface area contributed by atoms with Gasteiger partial charge in [0.1, 0.15) is 18.2 Å². The number of rotatable bonds is 10. The van der Waals surface area contributed by atoms with Crippen LogP contribution in [0, 0.1) is 12.7 Å². The molecule has 3 rings (SSSR count). The number of ether oxygens (including phenoxy) is 1. The molecule has 33 heavy (non-hydrogen) atoms. The fourth-order valence-corrected chi connectivity index (χ4v) is 4.12. The van der Waals surface area contributed by atoms with Gasteiger partial charge in [-0.15, -0.1) is 10.2 Å². The fraction of sp³-hybridized carbons (Fsp3) is 0.375. The highest BCUT2D eigenvalue weighted by atomic mass is 32.2. The Hall–Kier alpha value is -3.07. The molecule has 0 aliphatic carbocycles. The number of nitrogen functional groups attached to an aromatic ring is 1. The normalized spacial score (nSPS) is 11.1. The summed E-state index contributed by atoms with van der Waals surface area (Å²) >= 11 is 1.21. The molecule has 0 atom stereocenters. The zero-order chi connectivity index (χ0) is 24.0. The predicted molar refractivity (Wildman–Crippen MR) is 128 cm³/mol. The second kappa shape index (κ2) is 11.2. The van der Waals surface area contributed by atoms with Crippen LogP contribution >= 0.6 is 11.8 Å². The average Bonchev–Trinajstić information content (AvgIpc) is 3.13. The van der Waals surface area contributed by atoms with Crippen molar-refractivity contribution in [2.45, 2.75) is 51.9 Å². The van der Waals surface area contributed by atoms with Gasteiger partial charge in [0.15, 0.2) is 5.82 Å². The molecule has 0 saturated carbocycles. The number of hydrogen-bond acceptors (Lipinski definition) is 6. The smallest absolute Gasteiger partial charge is 0.233 e. The largest absolute Gasteiger partial charge is 0.485 e. The third kappa shape index (κ3) is 6.47. The molecule has 1 amide bonds. The minimum Gasteiger partial charge on any atom is -0.485 e. The topological polar surface area (TPSA) is 86.3 Å². The Morgan fingerprint density at radius 3 is 2.73 bits per heavy atom. The maximum Gasteiger partial charge on any atom is 0.233 e. The van der Waals surface area contributed by atoms with Gasteiger partial charge in [-0.05, 0) is 54.7 Å². The Kier molecular flexibility index (Phi) is 8.32. The average molecular weight is 472 g/mol.